The predicted octanol–water partition coefficient (Wildman–Crippen LogP) is 4.01. The van der Waals surface area contributed by atoms with Gasteiger partial charge in [0.1, 0.15) is 6.61 Å². The van der Waals surface area contributed by atoms with Gasteiger partial charge in [0.05, 0.1) is 7.11 Å². The fraction of sp³-hybridized carbons (Fsp3) is 0.200. The summed E-state index contributed by atoms with van der Waals surface area (Å²) < 4.78 is 10.8. The molecule has 0 heterocycles. The van der Waals surface area contributed by atoms with E-state index in [1.54, 1.807) is 13.2 Å². The minimum Gasteiger partial charge on any atom is -0.493 e. The highest BCUT2D eigenvalue weighted by Crippen LogP contribution is 2.34. The summed E-state index contributed by atoms with van der Waals surface area (Å²) in [4.78, 5) is 0. The lowest BCUT2D eigenvalue weighted by Gasteiger charge is -2.12. The zero-order chi connectivity index (χ0) is 14.5. The highest BCUT2D eigenvalue weighted by Gasteiger charge is 2.08. The Bertz CT molecular complexity index is 582. The van der Waals surface area contributed by atoms with Crippen molar-refractivity contribution >= 4 is 23.2 Å². The van der Waals surface area contributed by atoms with Crippen LogP contribution in [0.4, 0.5) is 0 Å². The second-order valence-electron chi connectivity index (χ2n) is 4.16. The molecule has 0 unspecified atom stereocenters. The maximum absolute atomic E-state index is 6.02. The van der Waals surface area contributed by atoms with Gasteiger partial charge >= 0.3 is 0 Å². The van der Waals surface area contributed by atoms with Crippen LogP contribution in [0.25, 0.3) is 11.1 Å². The lowest BCUT2D eigenvalue weighted by atomic mass is 10.1. The third kappa shape index (κ3) is 3.57. The molecule has 2 aromatic rings. The normalized spacial score (nSPS) is 10.4. The zero-order valence-corrected chi connectivity index (χ0v) is 12.5. The van der Waals surface area contributed by atoms with Gasteiger partial charge in [0.15, 0.2) is 11.5 Å². The van der Waals surface area contributed by atoms with E-state index >= 15 is 0 Å². The molecule has 2 N–H and O–H groups in total. The Morgan fingerprint density at radius 3 is 2.25 bits per heavy atom. The van der Waals surface area contributed by atoms with Crippen molar-refractivity contribution in [3.63, 3.8) is 0 Å². The Morgan fingerprint density at radius 1 is 0.950 bits per heavy atom. The van der Waals surface area contributed by atoms with Gasteiger partial charge < -0.3 is 15.2 Å². The fourth-order valence-electron chi connectivity index (χ4n) is 1.86. The molecule has 0 aliphatic heterocycles. The van der Waals surface area contributed by atoms with Crippen molar-refractivity contribution in [1.82, 2.24) is 0 Å². The second kappa shape index (κ2) is 6.84. The monoisotopic (exact) mass is 311 g/mol. The largest absolute Gasteiger partial charge is 0.493 e. The highest BCUT2D eigenvalue weighted by atomic mass is 35.5. The number of hydrogen-bond acceptors (Lipinski definition) is 3. The van der Waals surface area contributed by atoms with Gasteiger partial charge in [0, 0.05) is 16.6 Å². The summed E-state index contributed by atoms with van der Waals surface area (Å²) in [6.45, 7) is 0.896. The van der Waals surface area contributed by atoms with Crippen molar-refractivity contribution in [2.75, 3.05) is 20.3 Å². The summed E-state index contributed by atoms with van der Waals surface area (Å²) in [5.41, 5.74) is 7.30. The van der Waals surface area contributed by atoms with Crippen LogP contribution in [0.3, 0.4) is 0 Å². The SMILES string of the molecule is COc1cc(-c2cc(Cl)cc(Cl)c2)ccc1OCCN. The van der Waals surface area contributed by atoms with Crippen molar-refractivity contribution in [2.45, 2.75) is 0 Å². The van der Waals surface area contributed by atoms with Crippen LogP contribution in [0.1, 0.15) is 0 Å². The van der Waals surface area contributed by atoms with Crippen LogP contribution in [0.5, 0.6) is 11.5 Å². The van der Waals surface area contributed by atoms with Crippen LogP contribution in [0.2, 0.25) is 10.0 Å². The number of hydrogen-bond donors (Lipinski definition) is 1. The van der Waals surface area contributed by atoms with Crippen molar-refractivity contribution in [1.29, 1.82) is 0 Å². The first-order valence-electron chi connectivity index (χ1n) is 6.11. The van der Waals surface area contributed by atoms with Gasteiger partial charge in [-0.2, -0.15) is 0 Å². The molecule has 0 aromatic heterocycles. The smallest absolute Gasteiger partial charge is 0.161 e. The maximum atomic E-state index is 6.02. The van der Waals surface area contributed by atoms with Crippen LogP contribution in [-0.2, 0) is 0 Å². The predicted molar refractivity (Wildman–Crippen MR) is 83.0 cm³/mol. The van der Waals surface area contributed by atoms with E-state index in [1.165, 1.54) is 0 Å². The van der Waals surface area contributed by atoms with Crippen molar-refractivity contribution in [2.24, 2.45) is 5.73 Å². The molecule has 0 atom stereocenters. The number of nitrogens with two attached hydrogens (primary N) is 1. The van der Waals surface area contributed by atoms with Crippen LogP contribution >= 0.6 is 23.2 Å². The van der Waals surface area contributed by atoms with Crippen LogP contribution in [0.15, 0.2) is 36.4 Å². The maximum Gasteiger partial charge on any atom is 0.161 e. The van der Waals surface area contributed by atoms with Crippen LogP contribution in [0, 0.1) is 0 Å². The molecule has 0 spiro atoms. The fourth-order valence-corrected chi connectivity index (χ4v) is 2.38. The lowest BCUT2D eigenvalue weighted by molar-refractivity contribution is 0.302. The molecular formula is C15H15Cl2NO2. The third-order valence-corrected chi connectivity index (χ3v) is 3.17. The van der Waals surface area contributed by atoms with Gasteiger partial charge in [-0.15, -0.1) is 0 Å². The van der Waals surface area contributed by atoms with E-state index in [-0.39, 0.29) is 0 Å². The Kier molecular flexibility index (Phi) is 5.12. The lowest BCUT2D eigenvalue weighted by Crippen LogP contribution is -2.11. The van der Waals surface area contributed by atoms with Gasteiger partial charge in [-0.05, 0) is 41.5 Å². The van der Waals surface area contributed by atoms with Crippen LogP contribution in [-0.4, -0.2) is 20.3 Å². The summed E-state index contributed by atoms with van der Waals surface area (Å²) in [5, 5.41) is 1.19. The van der Waals surface area contributed by atoms with Gasteiger partial charge in [0.2, 0.25) is 0 Å². The number of ether oxygens (including phenoxy) is 2. The quantitative estimate of drug-likeness (QED) is 0.907. The minimum absolute atomic E-state index is 0.443. The zero-order valence-electron chi connectivity index (χ0n) is 11.0. The molecule has 0 amide bonds. The van der Waals surface area contributed by atoms with Gasteiger partial charge in [-0.1, -0.05) is 29.3 Å². The molecule has 0 fully saturated rings. The number of benzene rings is 2. The number of halogens is 2. The summed E-state index contributed by atoms with van der Waals surface area (Å²) in [6, 6.07) is 11.1. The Labute approximate surface area is 128 Å². The second-order valence-corrected chi connectivity index (χ2v) is 5.03. The Morgan fingerprint density at radius 2 is 1.65 bits per heavy atom. The molecule has 0 aliphatic rings. The van der Waals surface area contributed by atoms with Crippen molar-refractivity contribution in [3.8, 4) is 22.6 Å². The van der Waals surface area contributed by atoms with Gasteiger partial charge in [0.25, 0.3) is 0 Å². The Hall–Kier alpha value is -1.42. The summed E-state index contributed by atoms with van der Waals surface area (Å²) in [7, 11) is 1.60. The first kappa shape index (κ1) is 15.0. The average Bonchev–Trinajstić information content (AvgIpc) is 2.43. The molecule has 3 nitrogen and oxygen atoms in total. The van der Waals surface area contributed by atoms with E-state index < -0.39 is 0 Å². The average molecular weight is 312 g/mol. The topological polar surface area (TPSA) is 44.5 Å². The minimum atomic E-state index is 0.443. The van der Waals surface area contributed by atoms with E-state index in [2.05, 4.69) is 0 Å². The van der Waals surface area contributed by atoms with Crippen molar-refractivity contribution in [3.05, 3.63) is 46.4 Å². The summed E-state index contributed by atoms with van der Waals surface area (Å²) in [5.74, 6) is 1.31. The standard InChI is InChI=1S/C15H15Cl2NO2/c1-19-15-8-10(2-3-14(15)20-5-4-18)11-6-12(16)9-13(17)7-11/h2-3,6-9H,4-5,18H2,1H3. The van der Waals surface area contributed by atoms with E-state index in [9.17, 15) is 0 Å². The molecule has 2 aromatic carbocycles. The molecule has 0 radical (unpaired) electrons. The van der Waals surface area contributed by atoms with Crippen molar-refractivity contribution < 1.29 is 9.47 Å². The van der Waals surface area contributed by atoms with E-state index in [0.29, 0.717) is 34.7 Å². The molecule has 0 aliphatic carbocycles. The van der Waals surface area contributed by atoms with E-state index in [4.69, 9.17) is 38.4 Å². The Balaban J connectivity index is 2.37. The first-order chi connectivity index (χ1) is 9.63. The molecule has 106 valence electrons. The molecule has 5 heteroatoms. The third-order valence-electron chi connectivity index (χ3n) is 2.73. The number of methoxy groups -OCH3 is 1. The molecule has 2 rings (SSSR count). The highest BCUT2D eigenvalue weighted by molar-refractivity contribution is 6.35. The first-order valence-corrected chi connectivity index (χ1v) is 6.87. The van der Waals surface area contributed by atoms with Crippen LogP contribution < -0.4 is 15.2 Å². The molecule has 0 saturated carbocycles. The number of rotatable bonds is 5. The van der Waals surface area contributed by atoms with E-state index in [1.807, 2.05) is 30.3 Å². The molecule has 0 saturated heterocycles. The van der Waals surface area contributed by atoms with Gasteiger partial charge in [-0.3, -0.25) is 0 Å². The molecular weight excluding hydrogens is 297 g/mol. The van der Waals surface area contributed by atoms with Gasteiger partial charge in [-0.25, -0.2) is 0 Å². The molecule has 0 bridgehead atoms. The summed E-state index contributed by atoms with van der Waals surface area (Å²) in [6.07, 6.45) is 0. The molecule has 20 heavy (non-hydrogen) atoms. The summed E-state index contributed by atoms with van der Waals surface area (Å²) >= 11 is 12.0. The van der Waals surface area contributed by atoms with E-state index in [0.717, 1.165) is 11.1 Å².